The standard InChI is InChI=1S/C51H39N3O/c1-4-13-44-38(8-1)40-18-17-35(51-28-31-22-32(29-51)24-33(23-31)30-51)26-47(40)53(44)36-20-21-52-49(27-36)54-45-14-5-2-9-39(45)43-25-34(16-19-46(43)54)37-11-7-12-42-41-10-3-6-15-48(41)55-50(37)42/h1-21,25-27,31-33H,22-24,28-30H2. The molecule has 14 rings (SSSR count). The summed E-state index contributed by atoms with van der Waals surface area (Å²) in [7, 11) is 0. The lowest BCUT2D eigenvalue weighted by atomic mass is 9.48. The number of pyridine rings is 1. The third-order valence-corrected chi connectivity index (χ3v) is 13.9. The van der Waals surface area contributed by atoms with Gasteiger partial charge in [-0.15, -0.1) is 0 Å². The van der Waals surface area contributed by atoms with Crippen molar-refractivity contribution in [3.8, 4) is 22.6 Å². The molecule has 4 bridgehead atoms. The van der Waals surface area contributed by atoms with Crippen molar-refractivity contribution in [2.75, 3.05) is 0 Å². The molecule has 0 atom stereocenters. The summed E-state index contributed by atoms with van der Waals surface area (Å²) in [6, 6.07) is 51.3. The fourth-order valence-electron chi connectivity index (χ4n) is 12.1. The molecule has 0 aliphatic heterocycles. The van der Waals surface area contributed by atoms with Gasteiger partial charge < -0.3 is 8.98 Å². The maximum atomic E-state index is 6.47. The number of rotatable bonds is 4. The summed E-state index contributed by atoms with van der Waals surface area (Å²) in [4.78, 5) is 5.08. The zero-order valence-electron chi connectivity index (χ0n) is 30.6. The van der Waals surface area contributed by atoms with Crippen molar-refractivity contribution in [3.05, 3.63) is 151 Å². The molecule has 0 spiro atoms. The molecule has 0 N–H and O–H groups in total. The van der Waals surface area contributed by atoms with Gasteiger partial charge in [0, 0.05) is 50.1 Å². The van der Waals surface area contributed by atoms with Crippen molar-refractivity contribution >= 4 is 65.6 Å². The molecule has 0 amide bonds. The minimum atomic E-state index is 0.339. The molecule has 4 aliphatic carbocycles. The minimum absolute atomic E-state index is 0.339. The Labute approximate surface area is 318 Å². The molecular weight excluding hydrogens is 671 g/mol. The van der Waals surface area contributed by atoms with E-state index < -0.39 is 0 Å². The van der Waals surface area contributed by atoms with E-state index in [1.54, 1.807) is 5.56 Å². The van der Waals surface area contributed by atoms with Crippen LogP contribution in [0.2, 0.25) is 0 Å². The van der Waals surface area contributed by atoms with Crippen LogP contribution in [0.15, 0.2) is 150 Å². The lowest BCUT2D eigenvalue weighted by Crippen LogP contribution is -2.48. The summed E-state index contributed by atoms with van der Waals surface area (Å²) in [5.41, 5.74) is 12.0. The fraction of sp³-hybridized carbons (Fsp3) is 0.196. The van der Waals surface area contributed by atoms with Crippen molar-refractivity contribution in [1.82, 2.24) is 14.1 Å². The second-order valence-electron chi connectivity index (χ2n) is 17.0. The Balaban J connectivity index is 0.986. The Bertz CT molecular complexity index is 3170. The zero-order valence-corrected chi connectivity index (χ0v) is 30.6. The van der Waals surface area contributed by atoms with Gasteiger partial charge in [-0.05, 0) is 115 Å². The second kappa shape index (κ2) is 11.0. The van der Waals surface area contributed by atoms with Crippen molar-refractivity contribution < 1.29 is 4.42 Å². The molecule has 0 saturated heterocycles. The summed E-state index contributed by atoms with van der Waals surface area (Å²) in [5, 5.41) is 7.33. The molecule has 4 aliphatic rings. The van der Waals surface area contributed by atoms with Crippen LogP contribution in [-0.4, -0.2) is 14.1 Å². The summed E-state index contributed by atoms with van der Waals surface area (Å²) in [6.07, 6.45) is 10.5. The quantitative estimate of drug-likeness (QED) is 0.182. The molecule has 4 heterocycles. The predicted molar refractivity (Wildman–Crippen MR) is 225 cm³/mol. The van der Waals surface area contributed by atoms with Gasteiger partial charge in [0.15, 0.2) is 0 Å². The first-order valence-corrected chi connectivity index (χ1v) is 20.1. The number of para-hydroxylation sites is 4. The monoisotopic (exact) mass is 709 g/mol. The summed E-state index contributed by atoms with van der Waals surface area (Å²) in [6.45, 7) is 0. The number of furan rings is 1. The van der Waals surface area contributed by atoms with Crippen LogP contribution >= 0.6 is 0 Å². The Morgan fingerprint density at radius 1 is 0.509 bits per heavy atom. The van der Waals surface area contributed by atoms with Crippen LogP contribution < -0.4 is 0 Å². The normalized spacial score (nSPS) is 22.0. The van der Waals surface area contributed by atoms with Gasteiger partial charge in [-0.3, -0.25) is 4.57 Å². The van der Waals surface area contributed by atoms with E-state index in [1.165, 1.54) is 71.1 Å². The van der Waals surface area contributed by atoms with E-state index in [2.05, 4.69) is 143 Å². The highest BCUT2D eigenvalue weighted by molar-refractivity contribution is 6.13. The Kier molecular flexibility index (Phi) is 6.03. The van der Waals surface area contributed by atoms with E-state index in [9.17, 15) is 0 Å². The van der Waals surface area contributed by atoms with Gasteiger partial charge in [0.2, 0.25) is 0 Å². The number of benzene rings is 6. The number of hydrogen-bond donors (Lipinski definition) is 0. The zero-order chi connectivity index (χ0) is 35.8. The van der Waals surface area contributed by atoms with Crippen LogP contribution in [0.3, 0.4) is 0 Å². The average molecular weight is 710 g/mol. The minimum Gasteiger partial charge on any atom is -0.455 e. The van der Waals surface area contributed by atoms with Crippen molar-refractivity contribution in [2.24, 2.45) is 17.8 Å². The lowest BCUT2D eigenvalue weighted by molar-refractivity contribution is -0.00513. The molecular formula is C51H39N3O. The summed E-state index contributed by atoms with van der Waals surface area (Å²) >= 11 is 0. The van der Waals surface area contributed by atoms with Gasteiger partial charge in [0.1, 0.15) is 17.0 Å². The molecule has 4 aromatic heterocycles. The number of nitrogens with zero attached hydrogens (tertiary/aromatic N) is 3. The predicted octanol–water partition coefficient (Wildman–Crippen LogP) is 13.3. The SMILES string of the molecule is c1ccc2c(c1)oc1c(-c3ccc4c(c3)c3ccccc3n4-c3cc(-n4c5ccccc5c5ccc(C67CC8CC(CC(C8)C6)C7)cc54)ccn3)cccc12. The molecule has 10 aromatic rings. The first-order valence-electron chi connectivity index (χ1n) is 20.1. The molecule has 4 saturated carbocycles. The highest BCUT2D eigenvalue weighted by atomic mass is 16.3. The van der Waals surface area contributed by atoms with E-state index in [0.29, 0.717) is 5.41 Å². The molecule has 0 radical (unpaired) electrons. The van der Waals surface area contributed by atoms with Gasteiger partial charge in [-0.25, -0.2) is 4.98 Å². The van der Waals surface area contributed by atoms with Crippen molar-refractivity contribution in [2.45, 2.75) is 43.9 Å². The number of fused-ring (bicyclic) bond motifs is 9. The third-order valence-electron chi connectivity index (χ3n) is 13.9. The lowest BCUT2D eigenvalue weighted by Gasteiger charge is -2.57. The number of aromatic nitrogens is 3. The van der Waals surface area contributed by atoms with Gasteiger partial charge in [-0.2, -0.15) is 0 Å². The molecule has 4 nitrogen and oxygen atoms in total. The fourth-order valence-corrected chi connectivity index (χ4v) is 12.1. The highest BCUT2D eigenvalue weighted by Gasteiger charge is 2.51. The summed E-state index contributed by atoms with van der Waals surface area (Å²) < 4.78 is 11.3. The molecule has 264 valence electrons. The second-order valence-corrected chi connectivity index (χ2v) is 17.0. The average Bonchev–Trinajstić information content (AvgIpc) is 3.88. The van der Waals surface area contributed by atoms with Gasteiger partial charge >= 0.3 is 0 Å². The van der Waals surface area contributed by atoms with Crippen LogP contribution in [0.4, 0.5) is 0 Å². The van der Waals surface area contributed by atoms with Gasteiger partial charge in [-0.1, -0.05) is 91.0 Å². The third kappa shape index (κ3) is 4.25. The van der Waals surface area contributed by atoms with E-state index in [-0.39, 0.29) is 0 Å². The topological polar surface area (TPSA) is 35.9 Å². The van der Waals surface area contributed by atoms with Crippen LogP contribution in [0.1, 0.15) is 44.1 Å². The summed E-state index contributed by atoms with van der Waals surface area (Å²) in [5.74, 6) is 3.66. The Morgan fingerprint density at radius 2 is 1.16 bits per heavy atom. The van der Waals surface area contributed by atoms with E-state index in [1.807, 2.05) is 12.3 Å². The van der Waals surface area contributed by atoms with Gasteiger partial charge in [0.25, 0.3) is 0 Å². The maximum Gasteiger partial charge on any atom is 0.143 e. The van der Waals surface area contributed by atoms with Crippen molar-refractivity contribution in [1.29, 1.82) is 0 Å². The van der Waals surface area contributed by atoms with E-state index in [0.717, 1.165) is 73.4 Å². The Hall–Kier alpha value is -6.13. The highest BCUT2D eigenvalue weighted by Crippen LogP contribution is 2.61. The first kappa shape index (κ1) is 30.2. The molecule has 6 aromatic carbocycles. The van der Waals surface area contributed by atoms with Crippen LogP contribution in [0.25, 0.3) is 88.2 Å². The van der Waals surface area contributed by atoms with Crippen LogP contribution in [0.5, 0.6) is 0 Å². The molecule has 55 heavy (non-hydrogen) atoms. The Morgan fingerprint density at radius 3 is 1.96 bits per heavy atom. The first-order chi connectivity index (χ1) is 27.2. The molecule has 4 fully saturated rings. The van der Waals surface area contributed by atoms with Crippen LogP contribution in [-0.2, 0) is 5.41 Å². The van der Waals surface area contributed by atoms with Crippen molar-refractivity contribution in [3.63, 3.8) is 0 Å². The smallest absolute Gasteiger partial charge is 0.143 e. The van der Waals surface area contributed by atoms with Crippen LogP contribution in [0, 0.1) is 17.8 Å². The number of hydrogen-bond acceptors (Lipinski definition) is 2. The van der Waals surface area contributed by atoms with E-state index >= 15 is 0 Å². The van der Waals surface area contributed by atoms with Gasteiger partial charge in [0.05, 0.1) is 27.8 Å². The molecule has 4 heteroatoms. The molecule has 0 unspecified atom stereocenters. The largest absolute Gasteiger partial charge is 0.455 e. The maximum absolute atomic E-state index is 6.47. The van der Waals surface area contributed by atoms with E-state index in [4.69, 9.17) is 9.40 Å².